The zero-order chi connectivity index (χ0) is 14.3. The first-order valence-corrected chi connectivity index (χ1v) is 8.37. The number of rotatable bonds is 5. The first-order chi connectivity index (χ1) is 8.96. The predicted octanol–water partition coefficient (Wildman–Crippen LogP) is 2.25. The van der Waals surface area contributed by atoms with Crippen LogP contribution >= 0.6 is 35.7 Å². The molecule has 0 bridgehead atoms. The molecular weight excluding hydrogens is 383 g/mol. The molecule has 1 atom stereocenters. The largest absolute Gasteiger partial charge is 0.356 e. The lowest BCUT2D eigenvalue weighted by Gasteiger charge is -2.30. The van der Waals surface area contributed by atoms with Crippen LogP contribution in [0.15, 0.2) is 4.99 Å². The van der Waals surface area contributed by atoms with Gasteiger partial charge in [0.25, 0.3) is 0 Å². The van der Waals surface area contributed by atoms with E-state index in [1.807, 2.05) is 18.8 Å². The Balaban J connectivity index is 0.00000361. The summed E-state index contributed by atoms with van der Waals surface area (Å²) in [6, 6.07) is 0. The number of guanidine groups is 1. The van der Waals surface area contributed by atoms with Gasteiger partial charge in [-0.1, -0.05) is 0 Å². The van der Waals surface area contributed by atoms with Gasteiger partial charge in [-0.25, -0.2) is 0 Å². The van der Waals surface area contributed by atoms with Crippen LogP contribution in [0, 0.1) is 5.92 Å². The van der Waals surface area contributed by atoms with Crippen LogP contribution in [0.4, 0.5) is 0 Å². The topological polar surface area (TPSA) is 39.7 Å². The maximum Gasteiger partial charge on any atom is 0.191 e. The van der Waals surface area contributed by atoms with Crippen molar-refractivity contribution < 1.29 is 0 Å². The number of aliphatic imine (C=N–C) groups is 1. The van der Waals surface area contributed by atoms with E-state index in [-0.39, 0.29) is 28.7 Å². The van der Waals surface area contributed by atoms with Crippen molar-refractivity contribution in [2.24, 2.45) is 10.9 Å². The third-order valence-corrected chi connectivity index (χ3v) is 4.99. The molecule has 0 aromatic heterocycles. The molecule has 1 heterocycles. The number of likely N-dealkylation sites (tertiary alicyclic amines) is 1. The van der Waals surface area contributed by atoms with Crippen LogP contribution in [0.2, 0.25) is 0 Å². The SMILES string of the molecule is CN=C(NCC1CCCN(C)C1)NCC(C)(C)SC.I. The molecule has 1 unspecified atom stereocenters. The molecule has 1 fully saturated rings. The summed E-state index contributed by atoms with van der Waals surface area (Å²) >= 11 is 1.87. The van der Waals surface area contributed by atoms with Gasteiger partial charge in [-0.3, -0.25) is 4.99 Å². The smallest absolute Gasteiger partial charge is 0.191 e. The first kappa shape index (κ1) is 20.3. The highest BCUT2D eigenvalue weighted by molar-refractivity contribution is 14.0. The van der Waals surface area contributed by atoms with Crippen molar-refractivity contribution in [2.75, 3.05) is 46.5 Å². The minimum Gasteiger partial charge on any atom is -0.356 e. The Morgan fingerprint density at radius 3 is 2.65 bits per heavy atom. The fraction of sp³-hybridized carbons (Fsp3) is 0.929. The highest BCUT2D eigenvalue weighted by atomic mass is 127. The summed E-state index contributed by atoms with van der Waals surface area (Å²) in [5, 5.41) is 6.88. The number of hydrogen-bond donors (Lipinski definition) is 2. The normalized spacial score (nSPS) is 21.2. The van der Waals surface area contributed by atoms with E-state index in [0.29, 0.717) is 0 Å². The van der Waals surface area contributed by atoms with E-state index < -0.39 is 0 Å². The summed E-state index contributed by atoms with van der Waals surface area (Å²) in [5.41, 5.74) is 0. The monoisotopic (exact) mass is 414 g/mol. The Morgan fingerprint density at radius 2 is 2.10 bits per heavy atom. The molecule has 20 heavy (non-hydrogen) atoms. The molecule has 0 amide bonds. The fourth-order valence-corrected chi connectivity index (χ4v) is 2.49. The van der Waals surface area contributed by atoms with Crippen molar-refractivity contribution in [2.45, 2.75) is 31.4 Å². The Morgan fingerprint density at radius 1 is 1.40 bits per heavy atom. The van der Waals surface area contributed by atoms with Gasteiger partial charge in [0.05, 0.1) is 0 Å². The quantitative estimate of drug-likeness (QED) is 0.411. The van der Waals surface area contributed by atoms with Crippen LogP contribution in [0.5, 0.6) is 0 Å². The lowest BCUT2D eigenvalue weighted by molar-refractivity contribution is 0.210. The van der Waals surface area contributed by atoms with E-state index in [4.69, 9.17) is 0 Å². The van der Waals surface area contributed by atoms with Crippen LogP contribution in [0.3, 0.4) is 0 Å². The summed E-state index contributed by atoms with van der Waals surface area (Å²) in [6.45, 7) is 8.87. The highest BCUT2D eigenvalue weighted by Gasteiger charge is 2.18. The summed E-state index contributed by atoms with van der Waals surface area (Å²) in [4.78, 5) is 6.72. The molecule has 0 saturated carbocycles. The van der Waals surface area contributed by atoms with Crippen molar-refractivity contribution in [3.8, 4) is 0 Å². The molecule has 0 aliphatic carbocycles. The average Bonchev–Trinajstić information content (AvgIpc) is 2.39. The van der Waals surface area contributed by atoms with Gasteiger partial charge in [0.1, 0.15) is 0 Å². The second-order valence-electron chi connectivity index (χ2n) is 6.04. The molecule has 2 N–H and O–H groups in total. The molecule has 0 aromatic carbocycles. The molecule has 4 nitrogen and oxygen atoms in total. The Kier molecular flexibility index (Phi) is 10.3. The van der Waals surface area contributed by atoms with Crippen LogP contribution < -0.4 is 10.6 Å². The van der Waals surface area contributed by atoms with Crippen molar-refractivity contribution in [3.05, 3.63) is 0 Å². The maximum atomic E-state index is 4.30. The number of hydrogen-bond acceptors (Lipinski definition) is 3. The van der Waals surface area contributed by atoms with Crippen LogP contribution in [-0.2, 0) is 0 Å². The molecular formula is C14H31IN4S. The van der Waals surface area contributed by atoms with Gasteiger partial charge >= 0.3 is 0 Å². The standard InChI is InChI=1S/C14H30N4S.HI/c1-14(2,19-5)11-17-13(15-3)16-9-12-7-6-8-18(4)10-12;/h12H,6-11H2,1-5H3,(H2,15,16,17);1H. The highest BCUT2D eigenvalue weighted by Crippen LogP contribution is 2.19. The van der Waals surface area contributed by atoms with Crippen LogP contribution in [0.1, 0.15) is 26.7 Å². The van der Waals surface area contributed by atoms with Gasteiger partial charge in [-0.15, -0.1) is 24.0 Å². The first-order valence-electron chi connectivity index (χ1n) is 7.15. The lowest BCUT2D eigenvalue weighted by atomic mass is 9.99. The van der Waals surface area contributed by atoms with E-state index in [0.717, 1.165) is 25.0 Å². The zero-order valence-electron chi connectivity index (χ0n) is 13.5. The van der Waals surface area contributed by atoms with Gasteiger partial charge in [-0.2, -0.15) is 11.8 Å². The molecule has 6 heteroatoms. The Hall–Kier alpha value is 0.310. The average molecular weight is 414 g/mol. The van der Waals surface area contributed by atoms with E-state index >= 15 is 0 Å². The van der Waals surface area contributed by atoms with Crippen molar-refractivity contribution >= 4 is 41.7 Å². The molecule has 0 radical (unpaired) electrons. The van der Waals surface area contributed by atoms with Crippen LogP contribution in [0.25, 0.3) is 0 Å². The molecule has 0 spiro atoms. The summed E-state index contributed by atoms with van der Waals surface area (Å²) < 4.78 is 0.239. The number of nitrogens with one attached hydrogen (secondary N) is 2. The van der Waals surface area contributed by atoms with E-state index in [1.165, 1.54) is 25.9 Å². The molecule has 1 saturated heterocycles. The Bertz CT molecular complexity index is 297. The third kappa shape index (κ3) is 7.93. The van der Waals surface area contributed by atoms with Gasteiger partial charge in [0.2, 0.25) is 0 Å². The number of halogens is 1. The van der Waals surface area contributed by atoms with Crippen molar-refractivity contribution in [3.63, 3.8) is 0 Å². The number of thioether (sulfide) groups is 1. The summed E-state index contributed by atoms with van der Waals surface area (Å²) in [7, 11) is 4.05. The fourth-order valence-electron chi connectivity index (χ4n) is 2.27. The third-order valence-electron chi connectivity index (χ3n) is 3.74. The maximum absolute atomic E-state index is 4.30. The minimum atomic E-state index is 0. The second kappa shape index (κ2) is 10.1. The van der Waals surface area contributed by atoms with Gasteiger partial charge < -0.3 is 15.5 Å². The lowest BCUT2D eigenvalue weighted by Crippen LogP contribution is -2.46. The minimum absolute atomic E-state index is 0. The van der Waals surface area contributed by atoms with E-state index in [1.54, 1.807) is 0 Å². The van der Waals surface area contributed by atoms with Crippen molar-refractivity contribution in [1.29, 1.82) is 0 Å². The molecule has 1 rings (SSSR count). The molecule has 0 aromatic rings. The summed E-state index contributed by atoms with van der Waals surface area (Å²) in [5.74, 6) is 1.67. The van der Waals surface area contributed by atoms with E-state index in [9.17, 15) is 0 Å². The van der Waals surface area contributed by atoms with Gasteiger partial charge in [-0.05, 0) is 52.5 Å². The molecule has 120 valence electrons. The summed E-state index contributed by atoms with van der Waals surface area (Å²) in [6.07, 6.45) is 4.79. The second-order valence-corrected chi connectivity index (χ2v) is 7.55. The van der Waals surface area contributed by atoms with Gasteiger partial charge in [0.15, 0.2) is 5.96 Å². The zero-order valence-corrected chi connectivity index (χ0v) is 16.7. The van der Waals surface area contributed by atoms with Crippen molar-refractivity contribution in [1.82, 2.24) is 15.5 Å². The molecule has 1 aliphatic heterocycles. The number of piperidine rings is 1. The molecule has 1 aliphatic rings. The Labute approximate surface area is 145 Å². The van der Waals surface area contributed by atoms with E-state index in [2.05, 4.69) is 47.7 Å². The predicted molar refractivity (Wildman–Crippen MR) is 103 cm³/mol. The number of nitrogens with zero attached hydrogens (tertiary/aromatic N) is 2. The van der Waals surface area contributed by atoms with Gasteiger partial charge in [0, 0.05) is 31.4 Å². The van der Waals surface area contributed by atoms with Crippen LogP contribution in [-0.4, -0.2) is 62.1 Å².